The molecule has 1 aromatic carbocycles. The van der Waals surface area contributed by atoms with E-state index < -0.39 is 0 Å². The summed E-state index contributed by atoms with van der Waals surface area (Å²) in [7, 11) is 0. The summed E-state index contributed by atoms with van der Waals surface area (Å²) in [6.45, 7) is 13.1. The van der Waals surface area contributed by atoms with Crippen LogP contribution >= 0.6 is 0 Å². The fourth-order valence-corrected chi connectivity index (χ4v) is 9.72. The lowest BCUT2D eigenvalue weighted by Crippen LogP contribution is -2.51. The Balaban J connectivity index is 1.21. The summed E-state index contributed by atoms with van der Waals surface area (Å²) >= 11 is 0. The van der Waals surface area contributed by atoms with Crippen LogP contribution < -0.4 is 0 Å². The van der Waals surface area contributed by atoms with E-state index in [0.29, 0.717) is 17.4 Å². The first kappa shape index (κ1) is 27.9. The maximum atomic E-state index is 10.9. The molecule has 0 radical (unpaired) electrons. The molecule has 4 aliphatic rings. The van der Waals surface area contributed by atoms with Crippen LogP contribution in [0, 0.1) is 56.5 Å². The van der Waals surface area contributed by atoms with E-state index in [-0.39, 0.29) is 16.7 Å². The quantitative estimate of drug-likeness (QED) is 0.185. The molecule has 0 bridgehead atoms. The Bertz CT molecular complexity index is 1020. The first-order chi connectivity index (χ1) is 18.1. The normalized spacial score (nSPS) is 37.2. The van der Waals surface area contributed by atoms with Crippen molar-refractivity contribution in [2.45, 2.75) is 118 Å². The Morgan fingerprint density at radius 3 is 2.47 bits per heavy atom. The standard InChI is InChI=1S/C34H51NO3/c1-23(2)7-6-8-24(3)30-15-16-31-29-14-11-26-21-28(38-22-25-9-12-27(13-10-25)35(36)37)17-19-33(26,4)32(29)18-20-34(30,31)5/h9-13,23-24,28-32H,6-8,14-22H2,1-5H3/t24?,28-,29?,30+,31?,32?,33-,34+/m0/s1. The third kappa shape index (κ3) is 5.23. The van der Waals surface area contributed by atoms with Crippen LogP contribution in [0.4, 0.5) is 5.69 Å². The lowest BCUT2D eigenvalue weighted by atomic mass is 9.47. The topological polar surface area (TPSA) is 52.4 Å². The van der Waals surface area contributed by atoms with Gasteiger partial charge in [0.2, 0.25) is 0 Å². The average molecular weight is 522 g/mol. The van der Waals surface area contributed by atoms with Crippen molar-refractivity contribution in [3.05, 3.63) is 51.6 Å². The second kappa shape index (κ2) is 11.1. The van der Waals surface area contributed by atoms with Gasteiger partial charge in [-0.15, -0.1) is 0 Å². The molecule has 0 spiro atoms. The number of nitro benzene ring substituents is 1. The van der Waals surface area contributed by atoms with Gasteiger partial charge in [-0.3, -0.25) is 10.1 Å². The van der Waals surface area contributed by atoms with E-state index in [4.69, 9.17) is 4.74 Å². The zero-order valence-electron chi connectivity index (χ0n) is 24.6. The van der Waals surface area contributed by atoms with Crippen molar-refractivity contribution in [3.63, 3.8) is 0 Å². The zero-order valence-corrected chi connectivity index (χ0v) is 24.6. The minimum Gasteiger partial charge on any atom is -0.373 e. The predicted octanol–water partition coefficient (Wildman–Crippen LogP) is 9.52. The number of allylic oxidation sites excluding steroid dienone is 1. The third-order valence-corrected chi connectivity index (χ3v) is 11.9. The molecule has 4 aliphatic carbocycles. The third-order valence-electron chi connectivity index (χ3n) is 11.9. The monoisotopic (exact) mass is 521 g/mol. The SMILES string of the molecule is CC(C)CCCC(C)[C@H]1CCC2C3CC=C4C[C@@H](OCc5ccc([N+](=O)[O-])cc5)CC[C@]4(C)C3CC[C@@]21C. The molecule has 4 nitrogen and oxygen atoms in total. The van der Waals surface area contributed by atoms with Gasteiger partial charge < -0.3 is 4.74 Å². The average Bonchev–Trinajstić information content (AvgIpc) is 3.24. The zero-order chi connectivity index (χ0) is 27.1. The van der Waals surface area contributed by atoms with Gasteiger partial charge in [0, 0.05) is 12.1 Å². The molecule has 1 aromatic rings. The predicted molar refractivity (Wildman–Crippen MR) is 155 cm³/mol. The number of hydrogen-bond donors (Lipinski definition) is 0. The van der Waals surface area contributed by atoms with Crippen LogP contribution in [-0.2, 0) is 11.3 Å². The molecule has 0 aliphatic heterocycles. The highest BCUT2D eigenvalue weighted by molar-refractivity contribution is 5.32. The second-order valence-corrected chi connectivity index (χ2v) is 14.4. The van der Waals surface area contributed by atoms with Crippen molar-refractivity contribution in [2.75, 3.05) is 0 Å². The van der Waals surface area contributed by atoms with Crippen LogP contribution in [-0.4, -0.2) is 11.0 Å². The van der Waals surface area contributed by atoms with E-state index in [0.717, 1.165) is 53.9 Å². The minimum absolute atomic E-state index is 0.141. The second-order valence-electron chi connectivity index (χ2n) is 14.4. The van der Waals surface area contributed by atoms with E-state index in [1.807, 2.05) is 12.1 Å². The molecule has 0 saturated heterocycles. The molecular weight excluding hydrogens is 470 g/mol. The summed E-state index contributed by atoms with van der Waals surface area (Å²) in [5.41, 5.74) is 3.71. The Hall–Kier alpha value is -1.68. The van der Waals surface area contributed by atoms with Crippen molar-refractivity contribution in [2.24, 2.45) is 46.3 Å². The molecule has 3 fully saturated rings. The molecule has 0 amide bonds. The summed E-state index contributed by atoms with van der Waals surface area (Å²) in [6, 6.07) is 6.82. The van der Waals surface area contributed by atoms with Gasteiger partial charge >= 0.3 is 0 Å². The van der Waals surface area contributed by atoms with Crippen molar-refractivity contribution < 1.29 is 9.66 Å². The lowest BCUT2D eigenvalue weighted by molar-refractivity contribution is -0.384. The number of hydrogen-bond acceptors (Lipinski definition) is 3. The van der Waals surface area contributed by atoms with E-state index in [2.05, 4.69) is 40.7 Å². The van der Waals surface area contributed by atoms with Gasteiger partial charge in [0.1, 0.15) is 0 Å². The molecule has 4 heteroatoms. The highest BCUT2D eigenvalue weighted by atomic mass is 16.6. The van der Waals surface area contributed by atoms with Gasteiger partial charge in [0.15, 0.2) is 0 Å². The number of fused-ring (bicyclic) bond motifs is 5. The van der Waals surface area contributed by atoms with E-state index in [1.54, 1.807) is 17.7 Å². The molecule has 210 valence electrons. The summed E-state index contributed by atoms with van der Waals surface area (Å²) in [4.78, 5) is 10.6. The molecule has 38 heavy (non-hydrogen) atoms. The molecule has 4 unspecified atom stereocenters. The van der Waals surface area contributed by atoms with Crippen LogP contribution in [0.1, 0.15) is 111 Å². The maximum absolute atomic E-state index is 10.9. The first-order valence-electron chi connectivity index (χ1n) is 15.7. The Morgan fingerprint density at radius 2 is 1.76 bits per heavy atom. The highest BCUT2D eigenvalue weighted by Gasteiger charge is 2.59. The molecular formula is C34H51NO3. The number of nitrogens with zero attached hydrogens (tertiary/aromatic N) is 1. The molecule has 5 rings (SSSR count). The largest absolute Gasteiger partial charge is 0.373 e. The summed E-state index contributed by atoms with van der Waals surface area (Å²) in [5.74, 6) is 5.23. The molecule has 0 N–H and O–H groups in total. The van der Waals surface area contributed by atoms with Gasteiger partial charge in [0.25, 0.3) is 5.69 Å². The number of ether oxygens (including phenoxy) is 1. The van der Waals surface area contributed by atoms with Crippen molar-refractivity contribution >= 4 is 5.69 Å². The van der Waals surface area contributed by atoms with Gasteiger partial charge in [0.05, 0.1) is 17.6 Å². The smallest absolute Gasteiger partial charge is 0.269 e. The fourth-order valence-electron chi connectivity index (χ4n) is 9.72. The molecule has 0 aromatic heterocycles. The summed E-state index contributed by atoms with van der Waals surface area (Å²) in [6.07, 6.45) is 17.6. The van der Waals surface area contributed by atoms with Gasteiger partial charge in [-0.25, -0.2) is 0 Å². The highest BCUT2D eigenvalue weighted by Crippen LogP contribution is 2.67. The molecule has 8 atom stereocenters. The van der Waals surface area contributed by atoms with E-state index in [1.165, 1.54) is 57.8 Å². The maximum Gasteiger partial charge on any atom is 0.269 e. The van der Waals surface area contributed by atoms with E-state index in [9.17, 15) is 10.1 Å². The number of benzene rings is 1. The molecule has 0 heterocycles. The number of rotatable bonds is 9. The summed E-state index contributed by atoms with van der Waals surface area (Å²) in [5, 5.41) is 10.9. The fraction of sp³-hybridized carbons (Fsp3) is 0.765. The lowest BCUT2D eigenvalue weighted by Gasteiger charge is -2.58. The van der Waals surface area contributed by atoms with Crippen LogP contribution in [0.5, 0.6) is 0 Å². The van der Waals surface area contributed by atoms with Crippen molar-refractivity contribution in [3.8, 4) is 0 Å². The first-order valence-corrected chi connectivity index (χ1v) is 15.7. The van der Waals surface area contributed by atoms with Crippen molar-refractivity contribution in [1.29, 1.82) is 0 Å². The van der Waals surface area contributed by atoms with Crippen LogP contribution in [0.2, 0.25) is 0 Å². The van der Waals surface area contributed by atoms with E-state index >= 15 is 0 Å². The number of nitro groups is 1. The van der Waals surface area contributed by atoms with Crippen molar-refractivity contribution in [1.82, 2.24) is 0 Å². The van der Waals surface area contributed by atoms with Crippen LogP contribution in [0.15, 0.2) is 35.9 Å². The summed E-state index contributed by atoms with van der Waals surface area (Å²) < 4.78 is 6.36. The van der Waals surface area contributed by atoms with Gasteiger partial charge in [-0.2, -0.15) is 0 Å². The Labute approximate surface area is 231 Å². The Morgan fingerprint density at radius 1 is 1.00 bits per heavy atom. The van der Waals surface area contributed by atoms with Gasteiger partial charge in [-0.1, -0.05) is 65.5 Å². The Kier molecular flexibility index (Phi) is 8.11. The molecule has 3 saturated carbocycles. The number of non-ortho nitro benzene ring substituents is 1. The van der Waals surface area contributed by atoms with Gasteiger partial charge in [-0.05, 0) is 115 Å². The van der Waals surface area contributed by atoms with Crippen LogP contribution in [0.3, 0.4) is 0 Å². The van der Waals surface area contributed by atoms with Crippen LogP contribution in [0.25, 0.3) is 0 Å². The minimum atomic E-state index is -0.344.